The van der Waals surface area contributed by atoms with E-state index >= 15 is 0 Å². The molecule has 0 aliphatic carbocycles. The Hall–Kier alpha value is -2.37. The topological polar surface area (TPSA) is 57.4 Å². The van der Waals surface area contributed by atoms with Crippen molar-refractivity contribution in [3.8, 4) is 17.2 Å². The van der Waals surface area contributed by atoms with E-state index in [1.807, 2.05) is 60.7 Å². The maximum absolute atomic E-state index is 5.87. The van der Waals surface area contributed by atoms with E-state index in [1.165, 1.54) is 0 Å². The normalized spacial score (nSPS) is 10.4. The molecule has 0 saturated heterocycles. The van der Waals surface area contributed by atoms with E-state index < -0.39 is 0 Å². The molecule has 0 atom stereocenters. The van der Waals surface area contributed by atoms with E-state index in [9.17, 15) is 0 Å². The molecule has 0 fully saturated rings. The average molecular weight is 385 g/mol. The first-order valence-electron chi connectivity index (χ1n) is 7.54. The van der Waals surface area contributed by atoms with Gasteiger partial charge in [0.1, 0.15) is 18.1 Å². The number of halogens is 1. The summed E-state index contributed by atoms with van der Waals surface area (Å²) in [5.74, 6) is 2.14. The molecule has 0 radical (unpaired) electrons. The van der Waals surface area contributed by atoms with Crippen molar-refractivity contribution in [1.82, 2.24) is 4.98 Å². The van der Waals surface area contributed by atoms with Crippen molar-refractivity contribution in [3.05, 3.63) is 82.6 Å². The number of hydrogen-bond acceptors (Lipinski definition) is 4. The molecule has 5 heteroatoms. The smallest absolute Gasteiger partial charge is 0.151 e. The van der Waals surface area contributed by atoms with Crippen LogP contribution in [-0.2, 0) is 13.2 Å². The number of rotatable bonds is 6. The number of pyridine rings is 1. The summed E-state index contributed by atoms with van der Waals surface area (Å²) in [6, 6.07) is 19.4. The summed E-state index contributed by atoms with van der Waals surface area (Å²) >= 11 is 3.39. The van der Waals surface area contributed by atoms with Gasteiger partial charge in [0.25, 0.3) is 0 Å². The Morgan fingerprint density at radius 3 is 2.38 bits per heavy atom. The predicted molar refractivity (Wildman–Crippen MR) is 97.1 cm³/mol. The molecule has 1 heterocycles. The van der Waals surface area contributed by atoms with Crippen LogP contribution in [0.2, 0.25) is 0 Å². The molecule has 4 nitrogen and oxygen atoms in total. The van der Waals surface area contributed by atoms with Gasteiger partial charge in [-0.25, -0.2) is 0 Å². The van der Waals surface area contributed by atoms with Crippen LogP contribution in [0, 0.1) is 0 Å². The fourth-order valence-electron chi connectivity index (χ4n) is 2.16. The quantitative estimate of drug-likeness (QED) is 0.670. The summed E-state index contributed by atoms with van der Waals surface area (Å²) in [4.78, 5) is 4.25. The molecule has 0 saturated carbocycles. The third-order valence-corrected chi connectivity index (χ3v) is 3.82. The van der Waals surface area contributed by atoms with Gasteiger partial charge in [0.05, 0.1) is 5.69 Å². The Morgan fingerprint density at radius 2 is 1.67 bits per heavy atom. The van der Waals surface area contributed by atoms with Gasteiger partial charge in [-0.3, -0.25) is 4.98 Å². The zero-order valence-corrected chi connectivity index (χ0v) is 14.6. The molecule has 3 aromatic rings. The van der Waals surface area contributed by atoms with Gasteiger partial charge in [-0.05, 0) is 51.8 Å². The Labute approximate surface area is 149 Å². The molecule has 0 aliphatic heterocycles. The number of benzene rings is 2. The van der Waals surface area contributed by atoms with Crippen molar-refractivity contribution in [1.29, 1.82) is 0 Å². The monoisotopic (exact) mass is 384 g/mol. The second-order valence-electron chi connectivity index (χ2n) is 5.15. The van der Waals surface area contributed by atoms with Crippen LogP contribution in [0.5, 0.6) is 17.2 Å². The lowest BCUT2D eigenvalue weighted by Crippen LogP contribution is -2.02. The van der Waals surface area contributed by atoms with Crippen molar-refractivity contribution in [2.45, 2.75) is 13.2 Å². The molecule has 2 N–H and O–H groups in total. The first kappa shape index (κ1) is 16.5. The third-order valence-electron chi connectivity index (χ3n) is 3.39. The zero-order valence-electron chi connectivity index (χ0n) is 13.0. The summed E-state index contributed by atoms with van der Waals surface area (Å²) in [5, 5.41) is 0. The average Bonchev–Trinajstić information content (AvgIpc) is 2.62. The molecule has 0 spiro atoms. The fraction of sp³-hybridized carbons (Fsp3) is 0.105. The second kappa shape index (κ2) is 7.95. The van der Waals surface area contributed by atoms with E-state index in [-0.39, 0.29) is 0 Å². The van der Waals surface area contributed by atoms with Crippen LogP contribution in [-0.4, -0.2) is 4.98 Å². The molecule has 122 valence electrons. The lowest BCUT2D eigenvalue weighted by atomic mass is 10.2. The lowest BCUT2D eigenvalue weighted by molar-refractivity contribution is 0.306. The highest BCUT2D eigenvalue weighted by Crippen LogP contribution is 2.28. The standard InChI is InChI=1S/C19H17BrN2O2/c20-15-10-19(18(11-21)22-12-15)24-17-8-6-16(7-9-17)23-13-14-4-2-1-3-5-14/h1-10,12H,11,13,21H2. The minimum absolute atomic E-state index is 0.320. The molecular weight excluding hydrogens is 368 g/mol. The third kappa shape index (κ3) is 4.34. The van der Waals surface area contributed by atoms with E-state index in [4.69, 9.17) is 15.2 Å². The number of nitrogens with two attached hydrogens (primary N) is 1. The molecule has 0 aliphatic rings. The Kier molecular flexibility index (Phi) is 5.46. The SMILES string of the molecule is NCc1ncc(Br)cc1Oc1ccc(OCc2ccccc2)cc1. The van der Waals surface area contributed by atoms with Gasteiger partial charge in [-0.1, -0.05) is 30.3 Å². The van der Waals surface area contributed by atoms with Crippen LogP contribution in [0.4, 0.5) is 0 Å². The summed E-state index contributed by atoms with van der Waals surface area (Å²) in [6.45, 7) is 0.856. The Balaban J connectivity index is 1.65. The van der Waals surface area contributed by atoms with Gasteiger partial charge in [0, 0.05) is 17.2 Å². The summed E-state index contributed by atoms with van der Waals surface area (Å²) < 4.78 is 12.5. The van der Waals surface area contributed by atoms with Gasteiger partial charge in [-0.15, -0.1) is 0 Å². The number of ether oxygens (including phenoxy) is 2. The summed E-state index contributed by atoms with van der Waals surface area (Å²) in [5.41, 5.74) is 7.54. The van der Waals surface area contributed by atoms with Gasteiger partial charge >= 0.3 is 0 Å². The zero-order chi connectivity index (χ0) is 16.8. The minimum Gasteiger partial charge on any atom is -0.489 e. The highest BCUT2D eigenvalue weighted by Gasteiger charge is 2.06. The highest BCUT2D eigenvalue weighted by molar-refractivity contribution is 9.10. The van der Waals surface area contributed by atoms with E-state index in [0.717, 1.165) is 15.8 Å². The van der Waals surface area contributed by atoms with Crippen LogP contribution in [0.15, 0.2) is 71.3 Å². The Morgan fingerprint density at radius 1 is 0.958 bits per heavy atom. The summed E-state index contributed by atoms with van der Waals surface area (Å²) in [7, 11) is 0. The maximum atomic E-state index is 5.87. The first-order chi connectivity index (χ1) is 11.7. The van der Waals surface area contributed by atoms with Crippen LogP contribution in [0.1, 0.15) is 11.3 Å². The molecule has 0 unspecified atom stereocenters. The van der Waals surface area contributed by atoms with E-state index in [1.54, 1.807) is 6.20 Å². The molecule has 2 aromatic carbocycles. The molecule has 0 amide bonds. The fourth-order valence-corrected chi connectivity index (χ4v) is 2.47. The Bertz CT molecular complexity index is 792. The van der Waals surface area contributed by atoms with Crippen molar-refractivity contribution < 1.29 is 9.47 Å². The van der Waals surface area contributed by atoms with E-state index in [2.05, 4.69) is 20.9 Å². The number of aromatic nitrogens is 1. The van der Waals surface area contributed by atoms with Gasteiger partial charge in [0.15, 0.2) is 5.75 Å². The van der Waals surface area contributed by atoms with Crippen molar-refractivity contribution in [3.63, 3.8) is 0 Å². The molecule has 0 bridgehead atoms. The van der Waals surface area contributed by atoms with Crippen molar-refractivity contribution in [2.75, 3.05) is 0 Å². The van der Waals surface area contributed by atoms with Crippen LogP contribution in [0.25, 0.3) is 0 Å². The van der Waals surface area contributed by atoms with Crippen molar-refractivity contribution in [2.24, 2.45) is 5.73 Å². The second-order valence-corrected chi connectivity index (χ2v) is 6.07. The van der Waals surface area contributed by atoms with Crippen LogP contribution in [0.3, 0.4) is 0 Å². The molecular formula is C19H17BrN2O2. The largest absolute Gasteiger partial charge is 0.489 e. The predicted octanol–water partition coefficient (Wildman–Crippen LogP) is 4.67. The van der Waals surface area contributed by atoms with E-state index in [0.29, 0.717) is 30.3 Å². The molecule has 3 rings (SSSR count). The highest BCUT2D eigenvalue weighted by atomic mass is 79.9. The summed E-state index contributed by atoms with van der Waals surface area (Å²) in [6.07, 6.45) is 1.70. The maximum Gasteiger partial charge on any atom is 0.151 e. The van der Waals surface area contributed by atoms with Crippen LogP contribution >= 0.6 is 15.9 Å². The number of nitrogens with zero attached hydrogens (tertiary/aromatic N) is 1. The molecule has 1 aromatic heterocycles. The first-order valence-corrected chi connectivity index (χ1v) is 8.33. The number of hydrogen-bond donors (Lipinski definition) is 1. The van der Waals surface area contributed by atoms with Gasteiger partial charge < -0.3 is 15.2 Å². The molecule has 24 heavy (non-hydrogen) atoms. The van der Waals surface area contributed by atoms with Crippen molar-refractivity contribution >= 4 is 15.9 Å². The van der Waals surface area contributed by atoms with Gasteiger partial charge in [-0.2, -0.15) is 0 Å². The van der Waals surface area contributed by atoms with Gasteiger partial charge in [0.2, 0.25) is 0 Å². The lowest BCUT2D eigenvalue weighted by Gasteiger charge is -2.11. The van der Waals surface area contributed by atoms with Crippen LogP contribution < -0.4 is 15.2 Å². The minimum atomic E-state index is 0.320.